The van der Waals surface area contributed by atoms with Crippen LogP contribution in [0.3, 0.4) is 0 Å². The smallest absolute Gasteiger partial charge is 0.183 e. The van der Waals surface area contributed by atoms with Crippen molar-refractivity contribution in [3.05, 3.63) is 59.5 Å². The molecular weight excluding hydrogens is 320 g/mol. The Bertz CT molecular complexity index is 802. The normalized spacial score (nSPS) is 11.8. The van der Waals surface area contributed by atoms with Crippen molar-refractivity contribution in [2.45, 2.75) is 13.0 Å². The molecule has 4 nitrogen and oxygen atoms in total. The molecule has 1 unspecified atom stereocenters. The molecule has 5 heteroatoms. The highest BCUT2D eigenvalue weighted by atomic mass is 32.1. The van der Waals surface area contributed by atoms with Crippen LogP contribution in [-0.2, 0) is 0 Å². The number of nitrogens with one attached hydrogen (secondary N) is 1. The van der Waals surface area contributed by atoms with Gasteiger partial charge in [-0.25, -0.2) is 4.98 Å². The topological polar surface area (TPSA) is 43.4 Å². The van der Waals surface area contributed by atoms with Crippen LogP contribution in [0, 0.1) is 0 Å². The van der Waals surface area contributed by atoms with Crippen LogP contribution in [0.1, 0.15) is 18.5 Å². The highest BCUT2D eigenvalue weighted by molar-refractivity contribution is 7.14. The van der Waals surface area contributed by atoms with Crippen LogP contribution >= 0.6 is 11.3 Å². The number of rotatable bonds is 6. The lowest BCUT2D eigenvalue weighted by molar-refractivity contribution is 0.395. The van der Waals surface area contributed by atoms with Crippen molar-refractivity contribution in [3.8, 4) is 22.8 Å². The zero-order valence-electron chi connectivity index (χ0n) is 13.9. The number of hydrogen-bond donors (Lipinski definition) is 1. The highest BCUT2D eigenvalue weighted by Gasteiger charge is 2.13. The fraction of sp³-hybridized carbons (Fsp3) is 0.211. The molecule has 24 heavy (non-hydrogen) atoms. The van der Waals surface area contributed by atoms with Crippen LogP contribution < -0.4 is 14.8 Å². The van der Waals surface area contributed by atoms with Gasteiger partial charge in [-0.05, 0) is 24.6 Å². The number of aromatic nitrogens is 1. The van der Waals surface area contributed by atoms with E-state index in [4.69, 9.17) is 14.5 Å². The quantitative estimate of drug-likeness (QED) is 0.686. The molecule has 0 radical (unpaired) electrons. The maximum absolute atomic E-state index is 5.47. The molecule has 1 aromatic heterocycles. The summed E-state index contributed by atoms with van der Waals surface area (Å²) in [6.07, 6.45) is 0. The van der Waals surface area contributed by atoms with Gasteiger partial charge < -0.3 is 14.8 Å². The van der Waals surface area contributed by atoms with Gasteiger partial charge in [-0.3, -0.25) is 0 Å². The number of hydrogen-bond acceptors (Lipinski definition) is 5. The molecule has 0 aliphatic heterocycles. The van der Waals surface area contributed by atoms with Gasteiger partial charge in [0.05, 0.1) is 26.0 Å². The summed E-state index contributed by atoms with van der Waals surface area (Å²) in [4.78, 5) is 4.70. The predicted molar refractivity (Wildman–Crippen MR) is 99.1 cm³/mol. The van der Waals surface area contributed by atoms with E-state index in [2.05, 4.69) is 24.4 Å². The van der Waals surface area contributed by atoms with E-state index >= 15 is 0 Å². The molecule has 0 aliphatic carbocycles. The predicted octanol–water partition coefficient (Wildman–Crippen LogP) is 5.00. The summed E-state index contributed by atoms with van der Waals surface area (Å²) >= 11 is 1.59. The monoisotopic (exact) mass is 340 g/mol. The molecule has 0 amide bonds. The first kappa shape index (κ1) is 16.3. The minimum atomic E-state index is 0.197. The van der Waals surface area contributed by atoms with Crippen molar-refractivity contribution in [3.63, 3.8) is 0 Å². The molecule has 0 spiro atoms. The van der Waals surface area contributed by atoms with E-state index in [0.717, 1.165) is 27.9 Å². The van der Waals surface area contributed by atoms with Gasteiger partial charge in [-0.1, -0.05) is 30.3 Å². The average Bonchev–Trinajstić information content (AvgIpc) is 3.10. The van der Waals surface area contributed by atoms with Gasteiger partial charge in [0, 0.05) is 17.0 Å². The first-order valence-corrected chi connectivity index (χ1v) is 8.58. The zero-order valence-corrected chi connectivity index (χ0v) is 14.8. The van der Waals surface area contributed by atoms with E-state index in [1.165, 1.54) is 5.56 Å². The maximum Gasteiger partial charge on any atom is 0.183 e. The summed E-state index contributed by atoms with van der Waals surface area (Å²) in [6, 6.07) is 16.3. The third-order valence-corrected chi connectivity index (χ3v) is 4.60. The van der Waals surface area contributed by atoms with Crippen molar-refractivity contribution in [1.82, 2.24) is 4.98 Å². The van der Waals surface area contributed by atoms with Crippen molar-refractivity contribution in [1.29, 1.82) is 0 Å². The lowest BCUT2D eigenvalue weighted by Gasteiger charge is -2.13. The molecule has 0 aliphatic rings. The van der Waals surface area contributed by atoms with Crippen molar-refractivity contribution in [2.75, 3.05) is 19.5 Å². The van der Waals surface area contributed by atoms with E-state index in [0.29, 0.717) is 0 Å². The minimum Gasteiger partial charge on any atom is -0.497 e. The summed E-state index contributed by atoms with van der Waals surface area (Å²) in [7, 11) is 3.30. The molecule has 0 bridgehead atoms. The fourth-order valence-electron chi connectivity index (χ4n) is 2.48. The highest BCUT2D eigenvalue weighted by Crippen LogP contribution is 2.35. The van der Waals surface area contributed by atoms with E-state index in [9.17, 15) is 0 Å². The Kier molecular flexibility index (Phi) is 5.01. The number of methoxy groups -OCH3 is 2. The third-order valence-electron chi connectivity index (χ3n) is 3.83. The lowest BCUT2D eigenvalue weighted by atomic mass is 10.1. The number of anilines is 1. The molecule has 0 fully saturated rings. The van der Waals surface area contributed by atoms with Gasteiger partial charge in [-0.2, -0.15) is 0 Å². The molecular formula is C19H20N2O2S. The van der Waals surface area contributed by atoms with Crippen LogP contribution in [0.2, 0.25) is 0 Å². The summed E-state index contributed by atoms with van der Waals surface area (Å²) in [5, 5.41) is 6.37. The van der Waals surface area contributed by atoms with Crippen LogP contribution in [-0.4, -0.2) is 19.2 Å². The second-order valence-electron chi connectivity index (χ2n) is 5.38. The number of thiazole rings is 1. The van der Waals surface area contributed by atoms with Gasteiger partial charge in [0.1, 0.15) is 11.5 Å². The summed E-state index contributed by atoms with van der Waals surface area (Å²) in [5.74, 6) is 1.52. The van der Waals surface area contributed by atoms with Crippen molar-refractivity contribution in [2.24, 2.45) is 0 Å². The largest absolute Gasteiger partial charge is 0.497 e. The Morgan fingerprint density at radius 1 is 1.04 bits per heavy atom. The molecule has 2 aromatic carbocycles. The molecule has 124 valence electrons. The van der Waals surface area contributed by atoms with Crippen LogP contribution in [0.5, 0.6) is 11.5 Å². The number of ether oxygens (including phenoxy) is 2. The van der Waals surface area contributed by atoms with Gasteiger partial charge in [0.25, 0.3) is 0 Å². The van der Waals surface area contributed by atoms with Crippen molar-refractivity contribution >= 4 is 16.5 Å². The molecule has 0 saturated carbocycles. The van der Waals surface area contributed by atoms with Crippen molar-refractivity contribution < 1.29 is 9.47 Å². The Balaban J connectivity index is 1.81. The van der Waals surface area contributed by atoms with E-state index in [1.807, 2.05) is 41.8 Å². The summed E-state index contributed by atoms with van der Waals surface area (Å²) in [6.45, 7) is 2.13. The van der Waals surface area contributed by atoms with E-state index in [1.54, 1.807) is 25.6 Å². The number of nitrogens with zero attached hydrogens (tertiary/aromatic N) is 1. The van der Waals surface area contributed by atoms with E-state index < -0.39 is 0 Å². The van der Waals surface area contributed by atoms with Gasteiger partial charge >= 0.3 is 0 Å². The molecule has 1 atom stereocenters. The first-order valence-electron chi connectivity index (χ1n) is 7.70. The molecule has 1 N–H and O–H groups in total. The first-order chi connectivity index (χ1) is 11.7. The summed E-state index contributed by atoms with van der Waals surface area (Å²) < 4.78 is 10.7. The minimum absolute atomic E-state index is 0.197. The number of benzene rings is 2. The Morgan fingerprint density at radius 2 is 1.83 bits per heavy atom. The second kappa shape index (κ2) is 7.36. The SMILES string of the molecule is COc1ccc(-c2csc(NC(C)c3ccccc3)n2)c(OC)c1. The summed E-state index contributed by atoms with van der Waals surface area (Å²) in [5.41, 5.74) is 3.08. The van der Waals surface area contributed by atoms with Gasteiger partial charge in [0.15, 0.2) is 5.13 Å². The third kappa shape index (κ3) is 3.51. The Labute approximate surface area is 146 Å². The van der Waals surface area contributed by atoms with Gasteiger partial charge in [0.2, 0.25) is 0 Å². The van der Waals surface area contributed by atoms with Crippen LogP contribution in [0.4, 0.5) is 5.13 Å². The molecule has 3 aromatic rings. The standard InChI is InChI=1S/C19H20N2O2S/c1-13(14-7-5-4-6-8-14)20-19-21-17(12-24-19)16-10-9-15(22-2)11-18(16)23-3/h4-13H,1-3H3,(H,20,21). The average molecular weight is 340 g/mol. The van der Waals surface area contributed by atoms with Crippen LogP contribution in [0.25, 0.3) is 11.3 Å². The lowest BCUT2D eigenvalue weighted by Crippen LogP contribution is -2.05. The van der Waals surface area contributed by atoms with Gasteiger partial charge in [-0.15, -0.1) is 11.3 Å². The zero-order chi connectivity index (χ0) is 16.9. The van der Waals surface area contributed by atoms with E-state index in [-0.39, 0.29) is 6.04 Å². The molecule has 0 saturated heterocycles. The Hall–Kier alpha value is -2.53. The second-order valence-corrected chi connectivity index (χ2v) is 6.24. The van der Waals surface area contributed by atoms with Crippen LogP contribution in [0.15, 0.2) is 53.9 Å². The molecule has 3 rings (SSSR count). The maximum atomic E-state index is 5.47. The molecule has 1 heterocycles. The fourth-order valence-corrected chi connectivity index (χ4v) is 3.28. The Morgan fingerprint density at radius 3 is 2.54 bits per heavy atom.